The first kappa shape index (κ1) is 15.5. The first-order valence-corrected chi connectivity index (χ1v) is 8.16. The van der Waals surface area contributed by atoms with Gasteiger partial charge in [-0.05, 0) is 24.8 Å². The third-order valence-corrected chi connectivity index (χ3v) is 4.19. The number of hydrogen-bond acceptors (Lipinski definition) is 4. The van der Waals surface area contributed by atoms with Crippen molar-refractivity contribution in [2.45, 2.75) is 38.6 Å². The Labute approximate surface area is 136 Å². The first-order chi connectivity index (χ1) is 11.2. The second kappa shape index (κ2) is 6.77. The largest absolute Gasteiger partial charge is 0.364 e. The van der Waals surface area contributed by atoms with E-state index >= 15 is 0 Å². The number of nitrogens with zero attached hydrogens (tertiary/aromatic N) is 2. The molecule has 1 aromatic heterocycles. The van der Waals surface area contributed by atoms with Gasteiger partial charge in [-0.1, -0.05) is 50.1 Å². The molecular weight excluding hydrogens is 288 g/mol. The molecule has 1 aliphatic carbocycles. The Kier molecular flexibility index (Phi) is 4.55. The summed E-state index contributed by atoms with van der Waals surface area (Å²) in [5.41, 5.74) is 7.31. The number of carbonyl (C=O) groups excluding carboxylic acids is 1. The highest BCUT2D eigenvalue weighted by Gasteiger charge is 2.25. The molecule has 1 saturated carbocycles. The van der Waals surface area contributed by atoms with Crippen molar-refractivity contribution in [3.05, 3.63) is 42.1 Å². The summed E-state index contributed by atoms with van der Waals surface area (Å²) >= 11 is 0. The topological polar surface area (TPSA) is 80.9 Å². The van der Waals surface area contributed by atoms with Crippen LogP contribution in [0, 0.1) is 5.92 Å². The van der Waals surface area contributed by atoms with Crippen LogP contribution in [-0.4, -0.2) is 21.9 Å². The highest BCUT2D eigenvalue weighted by molar-refractivity contribution is 5.92. The quantitative estimate of drug-likeness (QED) is 0.822. The lowest BCUT2D eigenvalue weighted by atomic mass is 10.1. The van der Waals surface area contributed by atoms with Crippen LogP contribution in [0.25, 0.3) is 11.3 Å². The van der Waals surface area contributed by atoms with E-state index in [1.807, 2.05) is 30.3 Å². The predicted molar refractivity (Wildman–Crippen MR) is 91.0 cm³/mol. The number of nitrogens with one attached hydrogen (secondary N) is 1. The monoisotopic (exact) mass is 310 g/mol. The van der Waals surface area contributed by atoms with Gasteiger partial charge in [0.15, 0.2) is 0 Å². The van der Waals surface area contributed by atoms with Gasteiger partial charge in [0.1, 0.15) is 5.69 Å². The number of nitrogens with two attached hydrogens (primary N) is 1. The highest BCUT2D eigenvalue weighted by Crippen LogP contribution is 2.34. The molecule has 3 rings (SSSR count). The van der Waals surface area contributed by atoms with Gasteiger partial charge in [0.2, 0.25) is 5.95 Å². The van der Waals surface area contributed by atoms with Gasteiger partial charge in [-0.3, -0.25) is 4.79 Å². The number of rotatable bonds is 7. The van der Waals surface area contributed by atoms with E-state index in [4.69, 9.17) is 5.73 Å². The minimum Gasteiger partial charge on any atom is -0.364 e. The predicted octanol–water partition coefficient (Wildman–Crippen LogP) is 3.23. The van der Waals surface area contributed by atoms with Crippen molar-refractivity contribution in [2.75, 3.05) is 5.32 Å². The Morgan fingerprint density at radius 1 is 1.30 bits per heavy atom. The lowest BCUT2D eigenvalue weighted by Gasteiger charge is -2.17. The fraction of sp³-hybridized carbons (Fsp3) is 0.389. The van der Waals surface area contributed by atoms with Crippen LogP contribution in [0.15, 0.2) is 36.4 Å². The van der Waals surface area contributed by atoms with Gasteiger partial charge in [-0.2, -0.15) is 0 Å². The maximum absolute atomic E-state index is 11.6. The average Bonchev–Trinajstić information content (AvgIpc) is 3.38. The zero-order valence-corrected chi connectivity index (χ0v) is 13.3. The van der Waals surface area contributed by atoms with Crippen molar-refractivity contribution >= 4 is 11.9 Å². The molecule has 5 nitrogen and oxygen atoms in total. The minimum atomic E-state index is -0.539. The van der Waals surface area contributed by atoms with E-state index < -0.39 is 5.91 Å². The van der Waals surface area contributed by atoms with Crippen LogP contribution < -0.4 is 11.1 Å². The fourth-order valence-corrected chi connectivity index (χ4v) is 2.66. The normalized spacial score (nSPS) is 15.2. The number of hydrogen-bond donors (Lipinski definition) is 2. The molecule has 1 fully saturated rings. The number of aromatic nitrogens is 2. The molecule has 1 amide bonds. The summed E-state index contributed by atoms with van der Waals surface area (Å²) in [7, 11) is 0. The lowest BCUT2D eigenvalue weighted by molar-refractivity contribution is 0.0995. The zero-order valence-electron chi connectivity index (χ0n) is 13.3. The molecule has 0 radical (unpaired) electrons. The van der Waals surface area contributed by atoms with Crippen molar-refractivity contribution in [1.29, 1.82) is 0 Å². The highest BCUT2D eigenvalue weighted by atomic mass is 16.1. The summed E-state index contributed by atoms with van der Waals surface area (Å²) in [6.45, 7) is 2.15. The van der Waals surface area contributed by atoms with Crippen molar-refractivity contribution in [3.63, 3.8) is 0 Å². The van der Waals surface area contributed by atoms with Crippen molar-refractivity contribution in [3.8, 4) is 11.3 Å². The molecule has 1 aliphatic rings. The number of benzene rings is 1. The Bertz CT molecular complexity index is 683. The Balaban J connectivity index is 1.89. The van der Waals surface area contributed by atoms with Crippen LogP contribution in [0.2, 0.25) is 0 Å². The van der Waals surface area contributed by atoms with Crippen LogP contribution in [-0.2, 0) is 0 Å². The van der Waals surface area contributed by atoms with Crippen LogP contribution in [0.3, 0.4) is 0 Å². The molecule has 23 heavy (non-hydrogen) atoms. The molecule has 1 atom stereocenters. The molecule has 1 aromatic carbocycles. The van der Waals surface area contributed by atoms with Gasteiger partial charge in [0.25, 0.3) is 5.91 Å². The second-order valence-electron chi connectivity index (χ2n) is 6.12. The number of carbonyl (C=O) groups is 1. The minimum absolute atomic E-state index is 0.239. The van der Waals surface area contributed by atoms with Gasteiger partial charge in [0, 0.05) is 11.6 Å². The number of anilines is 1. The maximum atomic E-state index is 11.6. The Hall–Kier alpha value is -2.43. The average molecular weight is 310 g/mol. The lowest BCUT2D eigenvalue weighted by Crippen LogP contribution is -2.22. The molecule has 0 saturated heterocycles. The maximum Gasteiger partial charge on any atom is 0.267 e. The van der Waals surface area contributed by atoms with Gasteiger partial charge < -0.3 is 11.1 Å². The smallest absolute Gasteiger partial charge is 0.267 e. The van der Waals surface area contributed by atoms with E-state index in [2.05, 4.69) is 22.2 Å². The number of primary amides is 1. The van der Waals surface area contributed by atoms with Gasteiger partial charge in [-0.15, -0.1) is 0 Å². The summed E-state index contributed by atoms with van der Waals surface area (Å²) in [5.74, 6) is 0.760. The third kappa shape index (κ3) is 4.06. The van der Waals surface area contributed by atoms with E-state index in [0.717, 1.165) is 24.3 Å². The molecule has 120 valence electrons. The van der Waals surface area contributed by atoms with E-state index in [-0.39, 0.29) is 5.69 Å². The van der Waals surface area contributed by atoms with E-state index in [1.54, 1.807) is 6.07 Å². The summed E-state index contributed by atoms with van der Waals surface area (Å²) in [5, 5.41) is 3.38. The molecule has 0 aliphatic heterocycles. The van der Waals surface area contributed by atoms with Gasteiger partial charge >= 0.3 is 0 Å². The molecule has 1 unspecified atom stereocenters. The Morgan fingerprint density at radius 2 is 2.04 bits per heavy atom. The van der Waals surface area contributed by atoms with Crippen LogP contribution in [0.5, 0.6) is 0 Å². The zero-order chi connectivity index (χ0) is 16.2. The molecule has 5 heteroatoms. The molecule has 3 N–H and O–H groups in total. The van der Waals surface area contributed by atoms with Crippen molar-refractivity contribution in [1.82, 2.24) is 9.97 Å². The summed E-state index contributed by atoms with van der Waals surface area (Å²) < 4.78 is 0. The van der Waals surface area contributed by atoms with E-state index in [1.165, 1.54) is 12.8 Å². The molecule has 1 heterocycles. The summed E-state index contributed by atoms with van der Waals surface area (Å²) in [6.07, 6.45) is 4.76. The van der Waals surface area contributed by atoms with E-state index in [0.29, 0.717) is 17.7 Å². The molecule has 2 aromatic rings. The molecular formula is C18H22N4O. The van der Waals surface area contributed by atoms with Gasteiger partial charge in [-0.25, -0.2) is 9.97 Å². The summed E-state index contributed by atoms with van der Waals surface area (Å²) in [6, 6.07) is 11.7. The summed E-state index contributed by atoms with van der Waals surface area (Å²) in [4.78, 5) is 20.4. The molecule has 0 bridgehead atoms. The standard InChI is InChI=1S/C18H22N4O/c1-2-14(10-12-8-9-12)20-18-21-15(11-16(22-18)17(19)23)13-6-4-3-5-7-13/h3-7,11-12,14H,2,8-10H2,1H3,(H2,19,23)(H,20,21,22). The van der Waals surface area contributed by atoms with Crippen LogP contribution in [0.4, 0.5) is 5.95 Å². The second-order valence-corrected chi connectivity index (χ2v) is 6.12. The number of amides is 1. The van der Waals surface area contributed by atoms with Crippen LogP contribution >= 0.6 is 0 Å². The van der Waals surface area contributed by atoms with Crippen molar-refractivity contribution < 1.29 is 4.79 Å². The van der Waals surface area contributed by atoms with E-state index in [9.17, 15) is 4.79 Å². The first-order valence-electron chi connectivity index (χ1n) is 8.16. The fourth-order valence-electron chi connectivity index (χ4n) is 2.66. The van der Waals surface area contributed by atoms with Gasteiger partial charge in [0.05, 0.1) is 5.69 Å². The SMILES string of the molecule is CCC(CC1CC1)Nc1nc(C(N)=O)cc(-c2ccccc2)n1. The Morgan fingerprint density at radius 3 is 2.65 bits per heavy atom. The molecule has 0 spiro atoms. The third-order valence-electron chi connectivity index (χ3n) is 4.19. The van der Waals surface area contributed by atoms with Crippen molar-refractivity contribution in [2.24, 2.45) is 11.7 Å². The van der Waals surface area contributed by atoms with Crippen LogP contribution in [0.1, 0.15) is 43.1 Å².